The van der Waals surface area contributed by atoms with Crippen molar-refractivity contribution in [1.82, 2.24) is 4.57 Å². The summed E-state index contributed by atoms with van der Waals surface area (Å²) >= 11 is 3.30. The third-order valence-electron chi connectivity index (χ3n) is 3.27. The first-order chi connectivity index (χ1) is 10.5. The fourth-order valence-corrected chi connectivity index (χ4v) is 2.69. The van der Waals surface area contributed by atoms with Crippen LogP contribution >= 0.6 is 15.9 Å². The molecule has 3 rings (SSSR count). The number of pyridine rings is 1. The SMILES string of the molecule is O=c1ccc(Br)cn1Cc1cc([N+](=O)[O-])cc2c1OCOC2. The molecule has 0 saturated heterocycles. The van der Waals surface area contributed by atoms with Crippen LogP contribution in [0.2, 0.25) is 0 Å². The lowest BCUT2D eigenvalue weighted by molar-refractivity contribution is -0.385. The van der Waals surface area contributed by atoms with Crippen LogP contribution in [0.5, 0.6) is 5.75 Å². The van der Waals surface area contributed by atoms with Gasteiger partial charge in [-0.1, -0.05) is 0 Å². The van der Waals surface area contributed by atoms with Crippen molar-refractivity contribution >= 4 is 21.6 Å². The van der Waals surface area contributed by atoms with E-state index in [2.05, 4.69) is 15.9 Å². The van der Waals surface area contributed by atoms with Gasteiger partial charge >= 0.3 is 0 Å². The second kappa shape index (κ2) is 5.90. The molecule has 22 heavy (non-hydrogen) atoms. The maximum absolute atomic E-state index is 11.9. The molecule has 0 saturated carbocycles. The molecule has 1 aliphatic heterocycles. The zero-order valence-corrected chi connectivity index (χ0v) is 12.9. The molecule has 7 nitrogen and oxygen atoms in total. The second-order valence-electron chi connectivity index (χ2n) is 4.77. The highest BCUT2D eigenvalue weighted by Crippen LogP contribution is 2.33. The van der Waals surface area contributed by atoms with Gasteiger partial charge in [-0.15, -0.1) is 0 Å². The van der Waals surface area contributed by atoms with Crippen molar-refractivity contribution in [3.05, 3.63) is 66.5 Å². The predicted octanol–water partition coefficient (Wildman–Crippen LogP) is 2.43. The van der Waals surface area contributed by atoms with Gasteiger partial charge in [0.15, 0.2) is 6.79 Å². The normalized spacial score (nSPS) is 13.3. The summed E-state index contributed by atoms with van der Waals surface area (Å²) in [4.78, 5) is 22.5. The first-order valence-electron chi connectivity index (χ1n) is 6.41. The molecule has 0 unspecified atom stereocenters. The number of rotatable bonds is 3. The molecular weight excluding hydrogens is 356 g/mol. The molecule has 0 N–H and O–H groups in total. The summed E-state index contributed by atoms with van der Waals surface area (Å²) in [7, 11) is 0. The molecule has 0 amide bonds. The zero-order valence-electron chi connectivity index (χ0n) is 11.3. The number of aromatic nitrogens is 1. The number of hydrogen-bond donors (Lipinski definition) is 0. The van der Waals surface area contributed by atoms with Gasteiger partial charge in [0, 0.05) is 40.0 Å². The highest BCUT2D eigenvalue weighted by Gasteiger charge is 2.21. The summed E-state index contributed by atoms with van der Waals surface area (Å²) in [5, 5.41) is 11.1. The monoisotopic (exact) mass is 366 g/mol. The average Bonchev–Trinajstić information content (AvgIpc) is 2.50. The van der Waals surface area contributed by atoms with Crippen molar-refractivity contribution < 1.29 is 14.4 Å². The quantitative estimate of drug-likeness (QED) is 0.615. The molecule has 2 heterocycles. The highest BCUT2D eigenvalue weighted by atomic mass is 79.9. The summed E-state index contributed by atoms with van der Waals surface area (Å²) in [6, 6.07) is 5.93. The summed E-state index contributed by atoms with van der Waals surface area (Å²) < 4.78 is 12.8. The van der Waals surface area contributed by atoms with E-state index < -0.39 is 4.92 Å². The van der Waals surface area contributed by atoms with E-state index in [1.807, 2.05) is 0 Å². The van der Waals surface area contributed by atoms with Gasteiger partial charge in [-0.05, 0) is 22.0 Å². The Morgan fingerprint density at radius 2 is 2.18 bits per heavy atom. The van der Waals surface area contributed by atoms with Crippen molar-refractivity contribution in [3.63, 3.8) is 0 Å². The van der Waals surface area contributed by atoms with Crippen LogP contribution in [0.4, 0.5) is 5.69 Å². The molecular formula is C14H11BrN2O5. The zero-order chi connectivity index (χ0) is 15.7. The van der Waals surface area contributed by atoms with E-state index in [-0.39, 0.29) is 31.2 Å². The minimum absolute atomic E-state index is 0.0501. The molecule has 0 atom stereocenters. The Kier molecular flexibility index (Phi) is 3.95. The first kappa shape index (κ1) is 14.7. The molecule has 0 bridgehead atoms. The summed E-state index contributed by atoms with van der Waals surface area (Å²) in [5.41, 5.74) is 0.938. The van der Waals surface area contributed by atoms with Crippen molar-refractivity contribution in [2.75, 3.05) is 6.79 Å². The number of nitro benzene ring substituents is 1. The van der Waals surface area contributed by atoms with Crippen molar-refractivity contribution in [1.29, 1.82) is 0 Å². The molecule has 0 aliphatic carbocycles. The van der Waals surface area contributed by atoms with Gasteiger partial charge < -0.3 is 14.0 Å². The molecule has 114 valence electrons. The van der Waals surface area contributed by atoms with Crippen LogP contribution < -0.4 is 10.3 Å². The lowest BCUT2D eigenvalue weighted by Gasteiger charge is -2.21. The van der Waals surface area contributed by atoms with Crippen LogP contribution in [0.1, 0.15) is 11.1 Å². The Morgan fingerprint density at radius 3 is 2.95 bits per heavy atom. The summed E-state index contributed by atoms with van der Waals surface area (Å²) in [6.07, 6.45) is 1.63. The summed E-state index contributed by atoms with van der Waals surface area (Å²) in [6.45, 7) is 0.519. The molecule has 1 aromatic carbocycles. The first-order valence-corrected chi connectivity index (χ1v) is 7.20. The van der Waals surface area contributed by atoms with Crippen LogP contribution in [0, 0.1) is 10.1 Å². The van der Waals surface area contributed by atoms with E-state index in [1.165, 1.54) is 22.8 Å². The van der Waals surface area contributed by atoms with Gasteiger partial charge in [-0.3, -0.25) is 14.9 Å². The van der Waals surface area contributed by atoms with Crippen LogP contribution in [-0.4, -0.2) is 16.3 Å². The van der Waals surface area contributed by atoms with E-state index in [0.29, 0.717) is 16.9 Å². The smallest absolute Gasteiger partial charge is 0.270 e. The number of non-ortho nitro benzene ring substituents is 1. The Labute approximate surface area is 133 Å². The van der Waals surface area contributed by atoms with Gasteiger partial charge in [0.2, 0.25) is 0 Å². The fourth-order valence-electron chi connectivity index (χ4n) is 2.31. The van der Waals surface area contributed by atoms with Gasteiger partial charge in [0.1, 0.15) is 5.75 Å². The van der Waals surface area contributed by atoms with Crippen LogP contribution in [0.15, 0.2) is 39.7 Å². The number of ether oxygens (including phenoxy) is 2. The Hall–Kier alpha value is -2.19. The third kappa shape index (κ3) is 2.88. The third-order valence-corrected chi connectivity index (χ3v) is 3.74. The highest BCUT2D eigenvalue weighted by molar-refractivity contribution is 9.10. The lowest BCUT2D eigenvalue weighted by Crippen LogP contribution is -2.21. The molecule has 0 radical (unpaired) electrons. The Morgan fingerprint density at radius 1 is 1.36 bits per heavy atom. The maximum atomic E-state index is 11.9. The molecule has 0 fully saturated rings. The van der Waals surface area contributed by atoms with Gasteiger partial charge in [0.05, 0.1) is 18.1 Å². The van der Waals surface area contributed by atoms with Crippen LogP contribution in [0.3, 0.4) is 0 Å². The van der Waals surface area contributed by atoms with E-state index in [9.17, 15) is 14.9 Å². The largest absolute Gasteiger partial charge is 0.467 e. The fraction of sp³-hybridized carbons (Fsp3) is 0.214. The van der Waals surface area contributed by atoms with Crippen molar-refractivity contribution in [3.8, 4) is 5.75 Å². The molecule has 1 aliphatic rings. The molecule has 8 heteroatoms. The molecule has 1 aromatic heterocycles. The van der Waals surface area contributed by atoms with E-state index in [0.717, 1.165) is 4.47 Å². The minimum Gasteiger partial charge on any atom is -0.467 e. The van der Waals surface area contributed by atoms with E-state index in [1.54, 1.807) is 12.3 Å². The number of fused-ring (bicyclic) bond motifs is 1. The van der Waals surface area contributed by atoms with Crippen molar-refractivity contribution in [2.45, 2.75) is 13.2 Å². The number of hydrogen-bond acceptors (Lipinski definition) is 5. The lowest BCUT2D eigenvalue weighted by atomic mass is 10.1. The number of halogens is 1. The van der Waals surface area contributed by atoms with Gasteiger partial charge in [-0.25, -0.2) is 0 Å². The van der Waals surface area contributed by atoms with Crippen LogP contribution in [0.25, 0.3) is 0 Å². The van der Waals surface area contributed by atoms with E-state index >= 15 is 0 Å². The molecule has 2 aromatic rings. The number of benzene rings is 1. The average molecular weight is 367 g/mol. The summed E-state index contributed by atoms with van der Waals surface area (Å²) in [5.74, 6) is 0.545. The maximum Gasteiger partial charge on any atom is 0.270 e. The number of nitro groups is 1. The molecule has 0 spiro atoms. The topological polar surface area (TPSA) is 83.6 Å². The Bertz CT molecular complexity index is 802. The Balaban J connectivity index is 2.09. The second-order valence-corrected chi connectivity index (χ2v) is 5.69. The van der Waals surface area contributed by atoms with E-state index in [4.69, 9.17) is 9.47 Å². The van der Waals surface area contributed by atoms with Gasteiger partial charge in [-0.2, -0.15) is 0 Å². The van der Waals surface area contributed by atoms with Crippen LogP contribution in [-0.2, 0) is 17.9 Å². The number of nitrogens with zero attached hydrogens (tertiary/aromatic N) is 2. The standard InChI is InChI=1S/C14H11BrN2O5/c15-11-1-2-13(18)16(6-11)5-9-3-12(17(19)20)4-10-7-21-8-22-14(9)10/h1-4,6H,5,7-8H2. The predicted molar refractivity (Wildman–Crippen MR) is 80.9 cm³/mol. The van der Waals surface area contributed by atoms with Gasteiger partial charge in [0.25, 0.3) is 11.2 Å². The van der Waals surface area contributed by atoms with Crippen molar-refractivity contribution in [2.24, 2.45) is 0 Å². The minimum atomic E-state index is -0.470.